The van der Waals surface area contributed by atoms with E-state index >= 15 is 0 Å². The predicted octanol–water partition coefficient (Wildman–Crippen LogP) is 6.17. The first-order valence-corrected chi connectivity index (χ1v) is 8.75. The molecule has 3 aromatic rings. The van der Waals surface area contributed by atoms with Crippen molar-refractivity contribution in [3.63, 3.8) is 0 Å². The van der Waals surface area contributed by atoms with Gasteiger partial charge in [0.2, 0.25) is 5.88 Å². The lowest BCUT2D eigenvalue weighted by Gasteiger charge is -2.13. The number of halogens is 3. The first kappa shape index (κ1) is 18.6. The van der Waals surface area contributed by atoms with Crippen LogP contribution in [0.15, 0.2) is 36.7 Å². The molecule has 0 saturated carbocycles. The fraction of sp³-hybridized carbons (Fsp3) is 0.111. The number of aryl methyl sites for hydroxylation is 2. The van der Waals surface area contributed by atoms with Crippen LogP contribution in [-0.4, -0.2) is 9.97 Å². The van der Waals surface area contributed by atoms with Crippen molar-refractivity contribution in [3.8, 4) is 11.6 Å². The topological polar surface area (TPSA) is 73.1 Å². The Morgan fingerprint density at radius 2 is 1.69 bits per heavy atom. The molecule has 0 aliphatic heterocycles. The maximum atomic E-state index is 6.19. The van der Waals surface area contributed by atoms with Crippen LogP contribution in [0, 0.1) is 13.8 Å². The van der Waals surface area contributed by atoms with Gasteiger partial charge in [0.1, 0.15) is 17.8 Å². The van der Waals surface area contributed by atoms with E-state index in [0.717, 1.165) is 11.1 Å². The van der Waals surface area contributed by atoms with Crippen molar-refractivity contribution in [3.05, 3.63) is 62.9 Å². The Balaban J connectivity index is 1.90. The van der Waals surface area contributed by atoms with E-state index in [9.17, 15) is 0 Å². The molecule has 5 nitrogen and oxygen atoms in total. The molecule has 26 heavy (non-hydrogen) atoms. The van der Waals surface area contributed by atoms with Crippen LogP contribution in [-0.2, 0) is 0 Å². The summed E-state index contributed by atoms with van der Waals surface area (Å²) in [6.45, 7) is 3.81. The van der Waals surface area contributed by atoms with E-state index in [4.69, 9.17) is 45.3 Å². The molecule has 1 heterocycles. The molecule has 0 saturated heterocycles. The molecule has 134 valence electrons. The van der Waals surface area contributed by atoms with E-state index in [2.05, 4.69) is 15.3 Å². The Hall–Kier alpha value is -2.21. The van der Waals surface area contributed by atoms with Gasteiger partial charge in [0, 0.05) is 10.0 Å². The zero-order valence-electron chi connectivity index (χ0n) is 14.0. The summed E-state index contributed by atoms with van der Waals surface area (Å²) < 4.78 is 5.82. The van der Waals surface area contributed by atoms with E-state index in [1.807, 2.05) is 26.0 Å². The average molecular weight is 410 g/mol. The van der Waals surface area contributed by atoms with Crippen molar-refractivity contribution in [2.24, 2.45) is 0 Å². The summed E-state index contributed by atoms with van der Waals surface area (Å²) in [5, 5.41) is 4.74. The second kappa shape index (κ2) is 7.58. The van der Waals surface area contributed by atoms with Crippen molar-refractivity contribution >= 4 is 52.0 Å². The predicted molar refractivity (Wildman–Crippen MR) is 107 cm³/mol. The molecule has 0 spiro atoms. The average Bonchev–Trinajstić information content (AvgIpc) is 2.58. The number of nitrogens with zero attached hydrogens (tertiary/aromatic N) is 2. The molecule has 3 N–H and O–H groups in total. The normalized spacial score (nSPS) is 10.7. The molecule has 3 rings (SSSR count). The SMILES string of the molecule is Cc1cc(Oc2ncnc(Nc3ccc(Cl)cc3Cl)c2N)cc(C)c1Cl. The highest BCUT2D eigenvalue weighted by molar-refractivity contribution is 6.36. The lowest BCUT2D eigenvalue weighted by molar-refractivity contribution is 0.464. The van der Waals surface area contributed by atoms with Gasteiger partial charge in [-0.15, -0.1) is 0 Å². The van der Waals surface area contributed by atoms with Gasteiger partial charge in [-0.25, -0.2) is 4.98 Å². The number of rotatable bonds is 4. The van der Waals surface area contributed by atoms with Crippen LogP contribution in [0.3, 0.4) is 0 Å². The van der Waals surface area contributed by atoms with Gasteiger partial charge in [-0.2, -0.15) is 4.98 Å². The zero-order chi connectivity index (χ0) is 18.8. The molecule has 0 aliphatic rings. The van der Waals surface area contributed by atoms with Gasteiger partial charge >= 0.3 is 0 Å². The third-order valence-electron chi connectivity index (χ3n) is 3.66. The second-order valence-electron chi connectivity index (χ2n) is 5.66. The van der Waals surface area contributed by atoms with E-state index < -0.39 is 0 Å². The Morgan fingerprint density at radius 1 is 1.00 bits per heavy atom. The van der Waals surface area contributed by atoms with Crippen molar-refractivity contribution in [1.82, 2.24) is 9.97 Å². The van der Waals surface area contributed by atoms with Crippen LogP contribution in [0.25, 0.3) is 0 Å². The van der Waals surface area contributed by atoms with Gasteiger partial charge in [0.25, 0.3) is 0 Å². The highest BCUT2D eigenvalue weighted by Crippen LogP contribution is 2.35. The van der Waals surface area contributed by atoms with Crippen molar-refractivity contribution < 1.29 is 4.74 Å². The maximum absolute atomic E-state index is 6.19. The van der Waals surface area contributed by atoms with Crippen LogP contribution in [0.1, 0.15) is 11.1 Å². The monoisotopic (exact) mass is 408 g/mol. The molecule has 0 aliphatic carbocycles. The van der Waals surface area contributed by atoms with Crippen LogP contribution >= 0.6 is 34.8 Å². The fourth-order valence-corrected chi connectivity index (χ4v) is 2.92. The summed E-state index contributed by atoms with van der Waals surface area (Å²) in [7, 11) is 0. The number of hydrogen-bond acceptors (Lipinski definition) is 5. The minimum absolute atomic E-state index is 0.230. The number of ether oxygens (including phenoxy) is 1. The Kier molecular flexibility index (Phi) is 5.41. The number of nitrogen functional groups attached to an aromatic ring is 1. The first-order valence-electron chi connectivity index (χ1n) is 7.62. The molecule has 0 amide bonds. The van der Waals surface area contributed by atoms with Crippen LogP contribution in [0.4, 0.5) is 17.2 Å². The molecule has 1 aromatic heterocycles. The second-order valence-corrected chi connectivity index (χ2v) is 6.88. The quantitative estimate of drug-likeness (QED) is 0.539. The van der Waals surface area contributed by atoms with Crippen molar-refractivity contribution in [1.29, 1.82) is 0 Å². The highest BCUT2D eigenvalue weighted by atomic mass is 35.5. The third-order valence-corrected chi connectivity index (χ3v) is 4.80. The Bertz CT molecular complexity index is 956. The maximum Gasteiger partial charge on any atom is 0.248 e. The molecular weight excluding hydrogens is 395 g/mol. The number of nitrogens with two attached hydrogens (primary N) is 1. The summed E-state index contributed by atoms with van der Waals surface area (Å²) in [6.07, 6.45) is 1.35. The summed E-state index contributed by atoms with van der Waals surface area (Å²) in [5.41, 5.74) is 8.83. The zero-order valence-corrected chi connectivity index (χ0v) is 16.2. The first-order chi connectivity index (χ1) is 12.3. The van der Waals surface area contributed by atoms with E-state index in [1.165, 1.54) is 6.33 Å². The lowest BCUT2D eigenvalue weighted by atomic mass is 10.1. The minimum Gasteiger partial charge on any atom is -0.437 e. The number of aromatic nitrogens is 2. The molecule has 0 radical (unpaired) electrons. The van der Waals surface area contributed by atoms with Gasteiger partial charge in [-0.1, -0.05) is 34.8 Å². The molecule has 0 unspecified atom stereocenters. The fourth-order valence-electron chi connectivity index (χ4n) is 2.36. The van der Waals surface area contributed by atoms with E-state index in [0.29, 0.717) is 32.3 Å². The standard InChI is InChI=1S/C18H15Cl3N4O/c1-9-5-12(6-10(2)15(9)21)26-18-16(22)17(23-8-24-18)25-14-4-3-11(19)7-13(14)20/h3-8H,22H2,1-2H3,(H,23,24,25). The Labute approximate surface area is 166 Å². The summed E-state index contributed by atoms with van der Waals surface area (Å²) in [5.74, 6) is 1.20. The molecule has 0 atom stereocenters. The smallest absolute Gasteiger partial charge is 0.248 e. The summed E-state index contributed by atoms with van der Waals surface area (Å²) in [4.78, 5) is 8.26. The molecule has 2 aromatic carbocycles. The van der Waals surface area contributed by atoms with E-state index in [-0.39, 0.29) is 11.6 Å². The van der Waals surface area contributed by atoms with E-state index in [1.54, 1.807) is 18.2 Å². The highest BCUT2D eigenvalue weighted by Gasteiger charge is 2.13. The van der Waals surface area contributed by atoms with Gasteiger partial charge in [0.15, 0.2) is 5.82 Å². The molecule has 0 fully saturated rings. The molecular formula is C18H15Cl3N4O. The summed E-state index contributed by atoms with van der Waals surface area (Å²) in [6, 6.07) is 8.71. The van der Waals surface area contributed by atoms with Gasteiger partial charge in [-0.05, 0) is 55.3 Å². The molecule has 8 heteroatoms. The van der Waals surface area contributed by atoms with Crippen molar-refractivity contribution in [2.45, 2.75) is 13.8 Å². The van der Waals surface area contributed by atoms with Gasteiger partial charge in [-0.3, -0.25) is 0 Å². The van der Waals surface area contributed by atoms with Gasteiger partial charge in [0.05, 0.1) is 10.7 Å². The number of benzene rings is 2. The van der Waals surface area contributed by atoms with Crippen LogP contribution < -0.4 is 15.8 Å². The van der Waals surface area contributed by atoms with Crippen molar-refractivity contribution in [2.75, 3.05) is 11.1 Å². The number of nitrogens with one attached hydrogen (secondary N) is 1. The largest absolute Gasteiger partial charge is 0.437 e. The Morgan fingerprint density at radius 3 is 2.35 bits per heavy atom. The third kappa shape index (κ3) is 3.96. The number of anilines is 3. The van der Waals surface area contributed by atoms with Crippen LogP contribution in [0.2, 0.25) is 15.1 Å². The lowest BCUT2D eigenvalue weighted by Crippen LogP contribution is -2.03. The van der Waals surface area contributed by atoms with Gasteiger partial charge < -0.3 is 15.8 Å². The molecule has 0 bridgehead atoms. The van der Waals surface area contributed by atoms with Crippen LogP contribution in [0.5, 0.6) is 11.6 Å². The summed E-state index contributed by atoms with van der Waals surface area (Å²) >= 11 is 18.3. The number of hydrogen-bond donors (Lipinski definition) is 2. The minimum atomic E-state index is 0.230.